The summed E-state index contributed by atoms with van der Waals surface area (Å²) < 4.78 is 12.4. The summed E-state index contributed by atoms with van der Waals surface area (Å²) in [6.45, 7) is 4.29. The molecule has 1 heterocycles. The number of nitrogens with one attached hydrogen (secondary N) is 1. The van der Waals surface area contributed by atoms with Crippen LogP contribution in [0.2, 0.25) is 0 Å². The Bertz CT molecular complexity index is 659. The van der Waals surface area contributed by atoms with Crippen LogP contribution in [0.5, 0.6) is 5.75 Å². The van der Waals surface area contributed by atoms with Gasteiger partial charge in [-0.15, -0.1) is 0 Å². The van der Waals surface area contributed by atoms with Crippen molar-refractivity contribution < 1.29 is 9.47 Å². The van der Waals surface area contributed by atoms with E-state index in [-0.39, 0.29) is 5.90 Å². The quantitative estimate of drug-likeness (QED) is 0.678. The highest BCUT2D eigenvalue weighted by Crippen LogP contribution is 2.25. The van der Waals surface area contributed by atoms with Gasteiger partial charge < -0.3 is 14.0 Å². The predicted molar refractivity (Wildman–Crippen MR) is 83.2 cm³/mol. The van der Waals surface area contributed by atoms with Crippen LogP contribution in [0.1, 0.15) is 18.2 Å². The third-order valence-corrected chi connectivity index (χ3v) is 2.92. The molecule has 0 aliphatic heterocycles. The lowest BCUT2D eigenvalue weighted by atomic mass is 10.1. The number of nitrogens with zero attached hydrogens (tertiary/aromatic N) is 2. The number of aryl methyl sites for hydroxylation is 1. The molecule has 0 saturated heterocycles. The summed E-state index contributed by atoms with van der Waals surface area (Å²) in [7, 11) is 1.64. The number of benzene rings is 1. The van der Waals surface area contributed by atoms with Gasteiger partial charge in [0.25, 0.3) is 0 Å². The maximum absolute atomic E-state index is 7.56. The average Bonchev–Trinajstić information content (AvgIpc) is 2.91. The largest absolute Gasteiger partial charge is 0.495 e. The first-order chi connectivity index (χ1) is 10.1. The van der Waals surface area contributed by atoms with E-state index in [1.165, 1.54) is 0 Å². The van der Waals surface area contributed by atoms with Crippen molar-refractivity contribution in [3.63, 3.8) is 0 Å². The Labute approximate surface area is 124 Å². The standard InChI is InChI=1S/C16H19N3O2/c1-4-21-16(17)8-6-13-5-7-14(15(9-13)20-3)19-10-12(2)18-11-19/h5-11,17H,4H2,1-3H3. The zero-order valence-corrected chi connectivity index (χ0v) is 12.5. The fourth-order valence-corrected chi connectivity index (χ4v) is 1.94. The summed E-state index contributed by atoms with van der Waals surface area (Å²) in [4.78, 5) is 4.22. The highest BCUT2D eigenvalue weighted by molar-refractivity contribution is 5.89. The van der Waals surface area contributed by atoms with Crippen LogP contribution in [0.4, 0.5) is 0 Å². The molecule has 2 rings (SSSR count). The maximum Gasteiger partial charge on any atom is 0.205 e. The van der Waals surface area contributed by atoms with E-state index in [1.54, 1.807) is 19.5 Å². The molecule has 5 heteroatoms. The van der Waals surface area contributed by atoms with Crippen molar-refractivity contribution in [3.05, 3.63) is 48.1 Å². The second-order valence-electron chi connectivity index (χ2n) is 4.48. The normalized spacial score (nSPS) is 10.8. The van der Waals surface area contributed by atoms with Crippen LogP contribution in [-0.4, -0.2) is 29.2 Å². The van der Waals surface area contributed by atoms with Crippen LogP contribution >= 0.6 is 0 Å². The van der Waals surface area contributed by atoms with Crippen molar-refractivity contribution in [3.8, 4) is 11.4 Å². The van der Waals surface area contributed by atoms with Gasteiger partial charge in [-0.3, -0.25) is 5.41 Å². The minimum Gasteiger partial charge on any atom is -0.495 e. The molecule has 110 valence electrons. The summed E-state index contributed by atoms with van der Waals surface area (Å²) >= 11 is 0. The van der Waals surface area contributed by atoms with Crippen LogP contribution in [0, 0.1) is 12.3 Å². The smallest absolute Gasteiger partial charge is 0.205 e. The van der Waals surface area contributed by atoms with Crippen molar-refractivity contribution in [2.24, 2.45) is 0 Å². The van der Waals surface area contributed by atoms with Gasteiger partial charge in [0, 0.05) is 12.3 Å². The Hall–Kier alpha value is -2.56. The van der Waals surface area contributed by atoms with Gasteiger partial charge in [0.05, 0.1) is 31.4 Å². The summed E-state index contributed by atoms with van der Waals surface area (Å²) in [5, 5.41) is 7.56. The molecule has 0 saturated carbocycles. The molecule has 21 heavy (non-hydrogen) atoms. The van der Waals surface area contributed by atoms with E-state index in [2.05, 4.69) is 4.98 Å². The first-order valence-electron chi connectivity index (χ1n) is 6.72. The molecule has 0 radical (unpaired) electrons. The average molecular weight is 285 g/mol. The van der Waals surface area contributed by atoms with E-state index in [4.69, 9.17) is 14.9 Å². The molecule has 0 bridgehead atoms. The summed E-state index contributed by atoms with van der Waals surface area (Å²) in [6, 6.07) is 5.84. The Morgan fingerprint density at radius 2 is 2.24 bits per heavy atom. The van der Waals surface area contributed by atoms with Crippen molar-refractivity contribution in [1.82, 2.24) is 9.55 Å². The molecule has 0 unspecified atom stereocenters. The molecule has 2 aromatic rings. The molecule has 0 aliphatic carbocycles. The third kappa shape index (κ3) is 3.72. The van der Waals surface area contributed by atoms with Crippen LogP contribution in [0.3, 0.4) is 0 Å². The molecule has 5 nitrogen and oxygen atoms in total. The zero-order chi connectivity index (χ0) is 15.2. The summed E-state index contributed by atoms with van der Waals surface area (Å²) in [5.41, 5.74) is 2.82. The molecular formula is C16H19N3O2. The third-order valence-electron chi connectivity index (χ3n) is 2.92. The molecule has 0 amide bonds. The maximum atomic E-state index is 7.56. The van der Waals surface area contributed by atoms with Gasteiger partial charge in [0.1, 0.15) is 5.75 Å². The van der Waals surface area contributed by atoms with Crippen LogP contribution in [-0.2, 0) is 4.74 Å². The molecular weight excluding hydrogens is 266 g/mol. The SMILES string of the molecule is CCOC(=N)C=Cc1ccc(-n2cnc(C)c2)c(OC)c1. The van der Waals surface area contributed by atoms with E-state index >= 15 is 0 Å². The van der Waals surface area contributed by atoms with Crippen molar-refractivity contribution in [1.29, 1.82) is 5.41 Å². The Morgan fingerprint density at radius 3 is 2.86 bits per heavy atom. The van der Waals surface area contributed by atoms with E-state index < -0.39 is 0 Å². The summed E-state index contributed by atoms with van der Waals surface area (Å²) in [5.74, 6) is 0.892. The second-order valence-corrected chi connectivity index (χ2v) is 4.48. The highest BCUT2D eigenvalue weighted by atomic mass is 16.5. The van der Waals surface area contributed by atoms with Crippen molar-refractivity contribution >= 4 is 12.0 Å². The number of aromatic nitrogens is 2. The number of ether oxygens (including phenoxy) is 2. The molecule has 0 spiro atoms. The first-order valence-corrected chi connectivity index (χ1v) is 6.72. The van der Waals surface area contributed by atoms with Gasteiger partial charge >= 0.3 is 0 Å². The van der Waals surface area contributed by atoms with E-state index in [0.717, 1.165) is 22.7 Å². The number of methoxy groups -OCH3 is 1. The van der Waals surface area contributed by atoms with Gasteiger partial charge in [0.15, 0.2) is 0 Å². The lowest BCUT2D eigenvalue weighted by molar-refractivity contribution is 0.327. The van der Waals surface area contributed by atoms with Gasteiger partial charge in [0.2, 0.25) is 5.90 Å². The van der Waals surface area contributed by atoms with E-state index in [1.807, 2.05) is 48.9 Å². The van der Waals surface area contributed by atoms with Gasteiger partial charge in [-0.2, -0.15) is 0 Å². The van der Waals surface area contributed by atoms with Crippen LogP contribution in [0.25, 0.3) is 11.8 Å². The van der Waals surface area contributed by atoms with Crippen LogP contribution < -0.4 is 4.74 Å². The zero-order valence-electron chi connectivity index (χ0n) is 12.5. The lowest BCUT2D eigenvalue weighted by Crippen LogP contribution is -1.98. The second kappa shape index (κ2) is 6.74. The van der Waals surface area contributed by atoms with Crippen molar-refractivity contribution in [2.75, 3.05) is 13.7 Å². The molecule has 1 N–H and O–H groups in total. The van der Waals surface area contributed by atoms with Crippen LogP contribution in [0.15, 0.2) is 36.8 Å². The molecule has 0 aliphatic rings. The number of hydrogen-bond donors (Lipinski definition) is 1. The number of rotatable bonds is 5. The molecule has 0 fully saturated rings. The fourth-order valence-electron chi connectivity index (χ4n) is 1.94. The minimum atomic E-state index is 0.144. The predicted octanol–water partition coefficient (Wildman–Crippen LogP) is 3.22. The first kappa shape index (κ1) is 14.8. The molecule has 0 atom stereocenters. The van der Waals surface area contributed by atoms with Gasteiger partial charge in [-0.25, -0.2) is 4.98 Å². The van der Waals surface area contributed by atoms with Crippen molar-refractivity contribution in [2.45, 2.75) is 13.8 Å². The number of hydrogen-bond acceptors (Lipinski definition) is 4. The fraction of sp³-hybridized carbons (Fsp3) is 0.250. The Kier molecular flexibility index (Phi) is 4.77. The Morgan fingerprint density at radius 1 is 1.43 bits per heavy atom. The summed E-state index contributed by atoms with van der Waals surface area (Å²) in [6.07, 6.45) is 7.15. The minimum absolute atomic E-state index is 0.144. The van der Waals surface area contributed by atoms with E-state index in [0.29, 0.717) is 6.61 Å². The van der Waals surface area contributed by atoms with Gasteiger partial charge in [-0.05, 0) is 37.6 Å². The monoisotopic (exact) mass is 285 g/mol. The molecule has 1 aromatic carbocycles. The highest BCUT2D eigenvalue weighted by Gasteiger charge is 2.06. The molecule has 1 aromatic heterocycles. The lowest BCUT2D eigenvalue weighted by Gasteiger charge is -2.10. The number of imidazole rings is 1. The Balaban J connectivity index is 2.26. The van der Waals surface area contributed by atoms with Gasteiger partial charge in [-0.1, -0.05) is 6.07 Å². The van der Waals surface area contributed by atoms with E-state index in [9.17, 15) is 0 Å². The topological polar surface area (TPSA) is 60.1 Å².